The summed E-state index contributed by atoms with van der Waals surface area (Å²) in [6, 6.07) is 12.6. The third-order valence-corrected chi connectivity index (χ3v) is 4.97. The monoisotopic (exact) mass is 399 g/mol. The number of rotatable bonds is 8. The van der Waals surface area contributed by atoms with Gasteiger partial charge in [0.15, 0.2) is 0 Å². The molecule has 2 heterocycles. The minimum atomic E-state index is -0.268. The molecule has 156 valence electrons. The molecule has 1 fully saturated rings. The number of benzene rings is 1. The lowest BCUT2D eigenvalue weighted by molar-refractivity contribution is -0.121. The number of morpholine rings is 1. The maximum atomic E-state index is 12.5. The van der Waals surface area contributed by atoms with Gasteiger partial charge in [0.25, 0.3) is 5.91 Å². The van der Waals surface area contributed by atoms with E-state index in [1.54, 1.807) is 12.1 Å². The van der Waals surface area contributed by atoms with Crippen molar-refractivity contribution >= 4 is 11.8 Å². The topological polar surface area (TPSA) is 83.8 Å². The highest BCUT2D eigenvalue weighted by molar-refractivity contribution is 5.94. The summed E-state index contributed by atoms with van der Waals surface area (Å²) in [4.78, 5) is 26.9. The maximum absolute atomic E-state index is 12.5. The molecule has 0 saturated carbocycles. The van der Waals surface area contributed by atoms with Gasteiger partial charge in [-0.05, 0) is 38.1 Å². The zero-order valence-corrected chi connectivity index (χ0v) is 17.0. The Morgan fingerprint density at radius 1 is 1.10 bits per heavy atom. The number of aryl methyl sites for hydroxylation is 1. The first-order chi connectivity index (χ1) is 14.0. The molecule has 0 radical (unpaired) electrons. The molecule has 1 aliphatic heterocycles. The van der Waals surface area contributed by atoms with E-state index in [0.717, 1.165) is 24.6 Å². The SMILES string of the molecule is Cc1ccc(C(CNC(=O)CC(C)NC(=O)c2ccccc2)N2CCOCC2)o1. The van der Waals surface area contributed by atoms with E-state index in [-0.39, 0.29) is 30.3 Å². The van der Waals surface area contributed by atoms with Crippen molar-refractivity contribution in [3.63, 3.8) is 0 Å². The Bertz CT molecular complexity index is 799. The van der Waals surface area contributed by atoms with Crippen LogP contribution in [0.4, 0.5) is 0 Å². The number of amides is 2. The molecule has 0 aliphatic carbocycles. The molecule has 7 nitrogen and oxygen atoms in total. The molecule has 1 aromatic carbocycles. The standard InChI is InChI=1S/C22H29N3O4/c1-16(24-22(27)18-6-4-3-5-7-18)14-21(26)23-15-19(20-9-8-17(2)29-20)25-10-12-28-13-11-25/h3-9,16,19H,10-15H2,1-2H3,(H,23,26)(H,24,27). The average molecular weight is 399 g/mol. The minimum Gasteiger partial charge on any atom is -0.465 e. The van der Waals surface area contributed by atoms with Gasteiger partial charge in [-0.15, -0.1) is 0 Å². The van der Waals surface area contributed by atoms with Gasteiger partial charge in [0.1, 0.15) is 11.5 Å². The summed E-state index contributed by atoms with van der Waals surface area (Å²) in [6.07, 6.45) is 0.214. The normalized spacial score (nSPS) is 16.8. The smallest absolute Gasteiger partial charge is 0.251 e. The Hall–Kier alpha value is -2.64. The fraction of sp³-hybridized carbons (Fsp3) is 0.455. The molecule has 2 aromatic rings. The van der Waals surface area contributed by atoms with Crippen molar-refractivity contribution in [3.8, 4) is 0 Å². The van der Waals surface area contributed by atoms with Gasteiger partial charge in [-0.2, -0.15) is 0 Å². The second-order valence-corrected chi connectivity index (χ2v) is 7.36. The van der Waals surface area contributed by atoms with Crippen LogP contribution in [0, 0.1) is 6.92 Å². The lowest BCUT2D eigenvalue weighted by atomic mass is 10.1. The van der Waals surface area contributed by atoms with E-state index < -0.39 is 0 Å². The van der Waals surface area contributed by atoms with Crippen LogP contribution < -0.4 is 10.6 Å². The largest absolute Gasteiger partial charge is 0.465 e. The highest BCUT2D eigenvalue weighted by atomic mass is 16.5. The van der Waals surface area contributed by atoms with Gasteiger partial charge in [0.2, 0.25) is 5.91 Å². The zero-order valence-electron chi connectivity index (χ0n) is 17.0. The molecule has 2 N–H and O–H groups in total. The molecule has 2 atom stereocenters. The van der Waals surface area contributed by atoms with Crippen LogP contribution in [0.2, 0.25) is 0 Å². The zero-order chi connectivity index (χ0) is 20.6. The van der Waals surface area contributed by atoms with E-state index in [0.29, 0.717) is 25.3 Å². The predicted molar refractivity (Wildman–Crippen MR) is 110 cm³/mol. The second-order valence-electron chi connectivity index (χ2n) is 7.36. The fourth-order valence-corrected chi connectivity index (χ4v) is 3.44. The van der Waals surface area contributed by atoms with Gasteiger partial charge in [-0.1, -0.05) is 18.2 Å². The Kier molecular flexibility index (Phi) is 7.43. The van der Waals surface area contributed by atoms with E-state index in [4.69, 9.17) is 9.15 Å². The van der Waals surface area contributed by atoms with Crippen LogP contribution in [0.25, 0.3) is 0 Å². The van der Waals surface area contributed by atoms with Gasteiger partial charge >= 0.3 is 0 Å². The van der Waals surface area contributed by atoms with Crippen molar-refractivity contribution in [3.05, 3.63) is 59.5 Å². The first kappa shape index (κ1) is 21.1. The Morgan fingerprint density at radius 2 is 1.83 bits per heavy atom. The van der Waals surface area contributed by atoms with Crippen molar-refractivity contribution in [1.29, 1.82) is 0 Å². The molecule has 7 heteroatoms. The quantitative estimate of drug-likeness (QED) is 0.712. The Balaban J connectivity index is 1.52. The average Bonchev–Trinajstić information content (AvgIpc) is 3.15. The molecule has 3 rings (SSSR count). The van der Waals surface area contributed by atoms with Crippen molar-refractivity contribution in [1.82, 2.24) is 15.5 Å². The van der Waals surface area contributed by atoms with Crippen LogP contribution >= 0.6 is 0 Å². The fourth-order valence-electron chi connectivity index (χ4n) is 3.44. The number of carbonyl (C=O) groups is 2. The van der Waals surface area contributed by atoms with Gasteiger partial charge in [-0.25, -0.2) is 0 Å². The number of carbonyl (C=O) groups excluding carboxylic acids is 2. The van der Waals surface area contributed by atoms with Gasteiger partial charge in [-0.3, -0.25) is 14.5 Å². The third kappa shape index (κ3) is 6.17. The van der Waals surface area contributed by atoms with Gasteiger partial charge < -0.3 is 19.8 Å². The van der Waals surface area contributed by atoms with E-state index in [9.17, 15) is 9.59 Å². The van der Waals surface area contributed by atoms with Crippen LogP contribution in [0.3, 0.4) is 0 Å². The molecule has 29 heavy (non-hydrogen) atoms. The number of hydrogen-bond acceptors (Lipinski definition) is 5. The van der Waals surface area contributed by atoms with Crippen molar-refractivity contribution < 1.29 is 18.7 Å². The van der Waals surface area contributed by atoms with Crippen LogP contribution in [0.15, 0.2) is 46.9 Å². The Morgan fingerprint density at radius 3 is 2.48 bits per heavy atom. The molecule has 0 spiro atoms. The molecule has 1 saturated heterocycles. The maximum Gasteiger partial charge on any atom is 0.251 e. The van der Waals surface area contributed by atoms with Crippen molar-refractivity contribution in [2.75, 3.05) is 32.8 Å². The second kappa shape index (κ2) is 10.2. The van der Waals surface area contributed by atoms with Crippen LogP contribution in [0.1, 0.15) is 41.3 Å². The van der Waals surface area contributed by atoms with Crippen LogP contribution in [-0.4, -0.2) is 55.6 Å². The highest BCUT2D eigenvalue weighted by Crippen LogP contribution is 2.23. The molecule has 1 aliphatic rings. The van der Waals surface area contributed by atoms with Crippen molar-refractivity contribution in [2.45, 2.75) is 32.4 Å². The number of furan rings is 1. The van der Waals surface area contributed by atoms with E-state index in [2.05, 4.69) is 15.5 Å². The first-order valence-electron chi connectivity index (χ1n) is 10.0. The van der Waals surface area contributed by atoms with Crippen LogP contribution in [-0.2, 0) is 9.53 Å². The van der Waals surface area contributed by atoms with Gasteiger partial charge in [0, 0.05) is 37.7 Å². The number of ether oxygens (including phenoxy) is 1. The molecular formula is C22H29N3O4. The van der Waals surface area contributed by atoms with Gasteiger partial charge in [0.05, 0.1) is 19.3 Å². The summed E-state index contributed by atoms with van der Waals surface area (Å²) in [7, 11) is 0. The van der Waals surface area contributed by atoms with E-state index >= 15 is 0 Å². The summed E-state index contributed by atoms with van der Waals surface area (Å²) >= 11 is 0. The van der Waals surface area contributed by atoms with E-state index in [1.165, 1.54) is 0 Å². The summed E-state index contributed by atoms with van der Waals surface area (Å²) in [5.74, 6) is 1.41. The molecule has 1 aromatic heterocycles. The summed E-state index contributed by atoms with van der Waals surface area (Å²) in [5.41, 5.74) is 0.584. The minimum absolute atomic E-state index is 0.0363. The third-order valence-electron chi connectivity index (χ3n) is 4.97. The molecule has 2 amide bonds. The number of hydrogen-bond donors (Lipinski definition) is 2. The Labute approximate surface area is 171 Å². The molecule has 2 unspecified atom stereocenters. The van der Waals surface area contributed by atoms with Crippen molar-refractivity contribution in [2.24, 2.45) is 0 Å². The molecular weight excluding hydrogens is 370 g/mol. The highest BCUT2D eigenvalue weighted by Gasteiger charge is 2.26. The first-order valence-corrected chi connectivity index (χ1v) is 10.0. The molecule has 0 bridgehead atoms. The lowest BCUT2D eigenvalue weighted by Gasteiger charge is -2.33. The summed E-state index contributed by atoms with van der Waals surface area (Å²) in [5, 5.41) is 5.87. The summed E-state index contributed by atoms with van der Waals surface area (Å²) < 4.78 is 11.3. The number of nitrogens with zero attached hydrogens (tertiary/aromatic N) is 1. The summed E-state index contributed by atoms with van der Waals surface area (Å²) in [6.45, 7) is 7.13. The lowest BCUT2D eigenvalue weighted by Crippen LogP contribution is -2.44. The van der Waals surface area contributed by atoms with E-state index in [1.807, 2.05) is 44.2 Å². The predicted octanol–water partition coefficient (Wildman–Crippen LogP) is 2.29. The number of nitrogens with one attached hydrogen (secondary N) is 2. The van der Waals surface area contributed by atoms with Crippen LogP contribution in [0.5, 0.6) is 0 Å².